The van der Waals surface area contributed by atoms with Crippen LogP contribution in [0.15, 0.2) is 41.2 Å². The first-order valence-electron chi connectivity index (χ1n) is 8.11. The zero-order chi connectivity index (χ0) is 18.4. The fraction of sp³-hybridized carbons (Fsp3) is 0.111. The van der Waals surface area contributed by atoms with Crippen molar-refractivity contribution in [2.45, 2.75) is 0 Å². The molecule has 0 unspecified atom stereocenters. The van der Waals surface area contributed by atoms with Gasteiger partial charge >= 0.3 is 0 Å². The summed E-state index contributed by atoms with van der Waals surface area (Å²) in [5.74, 6) is 1.82. The van der Waals surface area contributed by atoms with E-state index < -0.39 is 11.5 Å². The maximum absolute atomic E-state index is 12.6. The monoisotopic (exact) mass is 367 g/mol. The number of carbonyl (C=O) groups excluding carboxylic acids is 1. The lowest BCUT2D eigenvalue weighted by Crippen LogP contribution is -2.17. The summed E-state index contributed by atoms with van der Waals surface area (Å²) >= 11 is 0. The Labute approximate surface area is 151 Å². The molecule has 1 aromatic heterocycles. The Morgan fingerprint density at radius 3 is 2.30 bits per heavy atom. The number of amides is 1. The summed E-state index contributed by atoms with van der Waals surface area (Å²) in [6.07, 6.45) is 0. The van der Waals surface area contributed by atoms with E-state index in [0.717, 1.165) is 0 Å². The summed E-state index contributed by atoms with van der Waals surface area (Å²) in [6, 6.07) is 10.1. The number of ether oxygens (including phenoxy) is 4. The summed E-state index contributed by atoms with van der Waals surface area (Å²) in [4.78, 5) is 24.8. The average molecular weight is 367 g/mol. The fourth-order valence-electron chi connectivity index (χ4n) is 2.97. The Hall–Kier alpha value is -3.88. The molecular formula is C18H13N3O6. The molecule has 2 aliphatic heterocycles. The number of anilines is 1. The standard InChI is InChI=1S/C18H13N3O6/c22-17(10-2-4-12-14(6-10)27-8-25-12)19-16-15(20-21-18(16)23)9-1-3-11-13(5-9)26-7-24-11/h1-6H,7-8H2,(H,19,22)(H2,20,21,23). The maximum Gasteiger partial charge on any atom is 0.288 e. The lowest BCUT2D eigenvalue weighted by atomic mass is 10.1. The van der Waals surface area contributed by atoms with Gasteiger partial charge in [-0.1, -0.05) is 0 Å². The first-order valence-corrected chi connectivity index (χ1v) is 8.11. The summed E-state index contributed by atoms with van der Waals surface area (Å²) in [5, 5.41) is 7.93. The van der Waals surface area contributed by atoms with E-state index in [2.05, 4.69) is 15.5 Å². The minimum absolute atomic E-state index is 0.108. The lowest BCUT2D eigenvalue weighted by Gasteiger charge is -2.07. The topological polar surface area (TPSA) is 115 Å². The highest BCUT2D eigenvalue weighted by atomic mass is 16.7. The molecule has 0 aliphatic carbocycles. The number of nitrogens with one attached hydrogen (secondary N) is 3. The van der Waals surface area contributed by atoms with Crippen molar-refractivity contribution in [1.29, 1.82) is 0 Å². The van der Waals surface area contributed by atoms with Gasteiger partial charge < -0.3 is 24.3 Å². The molecule has 3 heterocycles. The van der Waals surface area contributed by atoms with E-state index in [9.17, 15) is 9.59 Å². The van der Waals surface area contributed by atoms with Gasteiger partial charge in [0.1, 0.15) is 5.69 Å². The Morgan fingerprint density at radius 1 is 0.852 bits per heavy atom. The van der Waals surface area contributed by atoms with Crippen molar-refractivity contribution < 1.29 is 23.7 Å². The second-order valence-electron chi connectivity index (χ2n) is 5.92. The molecular weight excluding hydrogens is 354 g/mol. The van der Waals surface area contributed by atoms with Crippen molar-refractivity contribution in [2.75, 3.05) is 18.9 Å². The molecule has 0 spiro atoms. The van der Waals surface area contributed by atoms with Gasteiger partial charge in [0.05, 0.1) is 5.69 Å². The Bertz CT molecular complexity index is 1120. The van der Waals surface area contributed by atoms with Gasteiger partial charge in [-0.3, -0.25) is 19.8 Å². The van der Waals surface area contributed by atoms with E-state index in [4.69, 9.17) is 18.9 Å². The van der Waals surface area contributed by atoms with Crippen LogP contribution < -0.4 is 29.8 Å². The second kappa shape index (κ2) is 5.84. The molecule has 136 valence electrons. The highest BCUT2D eigenvalue weighted by Gasteiger charge is 2.21. The molecule has 2 aromatic carbocycles. The molecule has 0 saturated carbocycles. The van der Waals surface area contributed by atoms with Crippen LogP contribution in [-0.2, 0) is 0 Å². The number of H-pyrrole nitrogens is 2. The van der Waals surface area contributed by atoms with Gasteiger partial charge in [0, 0.05) is 11.1 Å². The predicted molar refractivity (Wildman–Crippen MR) is 93.5 cm³/mol. The number of rotatable bonds is 3. The number of hydrogen-bond donors (Lipinski definition) is 3. The van der Waals surface area contributed by atoms with Gasteiger partial charge in [-0.15, -0.1) is 0 Å². The Balaban J connectivity index is 1.47. The zero-order valence-electron chi connectivity index (χ0n) is 13.8. The summed E-state index contributed by atoms with van der Waals surface area (Å²) in [7, 11) is 0. The molecule has 9 heteroatoms. The van der Waals surface area contributed by atoms with Crippen LogP contribution in [0.2, 0.25) is 0 Å². The van der Waals surface area contributed by atoms with Crippen molar-refractivity contribution in [3.8, 4) is 34.3 Å². The van der Waals surface area contributed by atoms with E-state index in [1.165, 1.54) is 0 Å². The molecule has 0 radical (unpaired) electrons. The molecule has 27 heavy (non-hydrogen) atoms. The normalized spacial score (nSPS) is 13.6. The van der Waals surface area contributed by atoms with Gasteiger partial charge in [-0.2, -0.15) is 0 Å². The largest absolute Gasteiger partial charge is 0.454 e. The highest BCUT2D eigenvalue weighted by Crippen LogP contribution is 2.37. The van der Waals surface area contributed by atoms with Gasteiger partial charge in [-0.05, 0) is 36.4 Å². The number of aromatic amines is 2. The SMILES string of the molecule is O=C(Nc1c(-c2ccc3c(c2)OCO3)[nH][nH]c1=O)c1ccc2c(c1)OCO2. The summed E-state index contributed by atoms with van der Waals surface area (Å²) in [6.45, 7) is 0.266. The fourth-order valence-corrected chi connectivity index (χ4v) is 2.97. The molecule has 0 saturated heterocycles. The predicted octanol–water partition coefficient (Wildman–Crippen LogP) is 2.08. The number of aromatic nitrogens is 2. The molecule has 2 aliphatic rings. The molecule has 3 aromatic rings. The Kier molecular flexibility index (Phi) is 3.32. The molecule has 3 N–H and O–H groups in total. The molecule has 5 rings (SSSR count). The van der Waals surface area contributed by atoms with E-state index >= 15 is 0 Å². The number of benzene rings is 2. The molecule has 1 amide bonds. The smallest absolute Gasteiger partial charge is 0.288 e. The van der Waals surface area contributed by atoms with E-state index in [0.29, 0.717) is 39.8 Å². The van der Waals surface area contributed by atoms with Crippen LogP contribution in [0, 0.1) is 0 Å². The summed E-state index contributed by atoms with van der Waals surface area (Å²) < 4.78 is 21.2. The van der Waals surface area contributed by atoms with Crippen molar-refractivity contribution in [3.05, 3.63) is 52.3 Å². The third-order valence-corrected chi connectivity index (χ3v) is 4.31. The van der Waals surface area contributed by atoms with Crippen molar-refractivity contribution >= 4 is 11.6 Å². The average Bonchev–Trinajstić information content (AvgIpc) is 3.40. The van der Waals surface area contributed by atoms with Crippen molar-refractivity contribution in [1.82, 2.24) is 10.2 Å². The molecule has 0 bridgehead atoms. The van der Waals surface area contributed by atoms with Crippen LogP contribution in [0.1, 0.15) is 10.4 Å². The van der Waals surface area contributed by atoms with Gasteiger partial charge in [-0.25, -0.2) is 0 Å². The lowest BCUT2D eigenvalue weighted by molar-refractivity contribution is 0.102. The Morgan fingerprint density at radius 2 is 1.52 bits per heavy atom. The van der Waals surface area contributed by atoms with Gasteiger partial charge in [0.2, 0.25) is 13.6 Å². The molecule has 0 atom stereocenters. The van der Waals surface area contributed by atoms with Crippen LogP contribution in [0.3, 0.4) is 0 Å². The van der Waals surface area contributed by atoms with Crippen LogP contribution in [0.4, 0.5) is 5.69 Å². The first-order chi connectivity index (χ1) is 13.2. The number of carbonyl (C=O) groups is 1. The highest BCUT2D eigenvalue weighted by molar-refractivity contribution is 6.06. The van der Waals surface area contributed by atoms with Crippen molar-refractivity contribution in [3.63, 3.8) is 0 Å². The van der Waals surface area contributed by atoms with Crippen molar-refractivity contribution in [2.24, 2.45) is 0 Å². The minimum Gasteiger partial charge on any atom is -0.454 e. The number of hydrogen-bond acceptors (Lipinski definition) is 6. The molecule has 0 fully saturated rings. The second-order valence-corrected chi connectivity index (χ2v) is 5.92. The van der Waals surface area contributed by atoms with Crippen LogP contribution in [0.5, 0.6) is 23.0 Å². The van der Waals surface area contributed by atoms with Gasteiger partial charge in [0.15, 0.2) is 23.0 Å². The van der Waals surface area contributed by atoms with E-state index in [1.54, 1.807) is 36.4 Å². The van der Waals surface area contributed by atoms with Crippen LogP contribution >= 0.6 is 0 Å². The van der Waals surface area contributed by atoms with E-state index in [-0.39, 0.29) is 19.3 Å². The van der Waals surface area contributed by atoms with Gasteiger partial charge in [0.25, 0.3) is 11.5 Å². The van der Waals surface area contributed by atoms with E-state index in [1.807, 2.05) is 0 Å². The third-order valence-electron chi connectivity index (χ3n) is 4.31. The quantitative estimate of drug-likeness (QED) is 0.653. The van der Waals surface area contributed by atoms with Crippen LogP contribution in [0.25, 0.3) is 11.3 Å². The summed E-state index contributed by atoms with van der Waals surface area (Å²) in [5.41, 5.74) is 1.11. The third kappa shape index (κ3) is 2.56. The zero-order valence-corrected chi connectivity index (χ0v) is 13.8. The maximum atomic E-state index is 12.6. The number of fused-ring (bicyclic) bond motifs is 2. The molecule has 9 nitrogen and oxygen atoms in total. The minimum atomic E-state index is -0.447. The first kappa shape index (κ1) is 15.4. The van der Waals surface area contributed by atoms with Crippen LogP contribution in [-0.4, -0.2) is 29.7 Å².